The molecule has 0 aliphatic carbocycles. The molecule has 0 fully saturated rings. The van der Waals surface area contributed by atoms with Crippen LogP contribution in [0.5, 0.6) is 5.75 Å². The van der Waals surface area contributed by atoms with Crippen LogP contribution in [0.25, 0.3) is 0 Å². The van der Waals surface area contributed by atoms with Gasteiger partial charge in [-0.25, -0.2) is 9.59 Å². The van der Waals surface area contributed by atoms with Crippen LogP contribution < -0.4 is 4.74 Å². The van der Waals surface area contributed by atoms with Crippen LogP contribution in [0.3, 0.4) is 0 Å². The molecule has 0 radical (unpaired) electrons. The van der Waals surface area contributed by atoms with Crippen LogP contribution >= 0.6 is 0 Å². The molecule has 0 unspecified atom stereocenters. The molecule has 2 rings (SSSR count). The molecule has 0 saturated heterocycles. The first-order chi connectivity index (χ1) is 10.3. The first-order valence-electron chi connectivity index (χ1n) is 7.08. The number of benzene rings is 1. The maximum absolute atomic E-state index is 12.1. The molecule has 1 aliphatic heterocycles. The minimum Gasteiger partial charge on any atom is -0.482 e. The second-order valence-corrected chi connectivity index (χ2v) is 6.13. The number of fused-ring (bicyclic) bond motifs is 1. The fourth-order valence-electron chi connectivity index (χ4n) is 2.12. The normalized spacial score (nSPS) is 13.5. The molecule has 1 aromatic carbocycles. The van der Waals surface area contributed by atoms with E-state index in [9.17, 15) is 9.59 Å². The van der Waals surface area contributed by atoms with Crippen molar-refractivity contribution in [2.24, 2.45) is 0 Å². The van der Waals surface area contributed by atoms with Crippen LogP contribution in [-0.2, 0) is 27.4 Å². The highest BCUT2D eigenvalue weighted by atomic mass is 16.6. The summed E-state index contributed by atoms with van der Waals surface area (Å²) in [5, 5.41) is 0. The summed E-state index contributed by atoms with van der Waals surface area (Å²) in [5.74, 6) is 0.145. The Balaban J connectivity index is 1.99. The number of methoxy groups -OCH3 is 1. The van der Waals surface area contributed by atoms with E-state index in [1.807, 2.05) is 32.9 Å². The zero-order valence-electron chi connectivity index (χ0n) is 13.3. The van der Waals surface area contributed by atoms with Gasteiger partial charge in [0.2, 0.25) is 0 Å². The number of carbonyl (C=O) groups excluding carboxylic acids is 2. The Morgan fingerprint density at radius 3 is 2.50 bits per heavy atom. The number of rotatable bonds is 3. The Kier molecular flexibility index (Phi) is 4.59. The number of hydrogen-bond donors (Lipinski definition) is 0. The molecule has 1 amide bonds. The van der Waals surface area contributed by atoms with Crippen LogP contribution in [0, 0.1) is 0 Å². The van der Waals surface area contributed by atoms with E-state index in [0.717, 1.165) is 11.1 Å². The van der Waals surface area contributed by atoms with Gasteiger partial charge in [-0.3, -0.25) is 4.90 Å². The van der Waals surface area contributed by atoms with Gasteiger partial charge in [0.05, 0.1) is 7.11 Å². The molecule has 0 aromatic heterocycles. The molecule has 1 aromatic rings. The van der Waals surface area contributed by atoms with Crippen molar-refractivity contribution in [2.45, 2.75) is 39.5 Å². The first kappa shape index (κ1) is 16.1. The monoisotopic (exact) mass is 307 g/mol. The summed E-state index contributed by atoms with van der Waals surface area (Å²) in [6.07, 6.45) is -0.333. The topological polar surface area (TPSA) is 65.1 Å². The average Bonchev–Trinajstić information content (AvgIpc) is 2.86. The summed E-state index contributed by atoms with van der Waals surface area (Å²) in [7, 11) is 1.31. The third-order valence-corrected chi connectivity index (χ3v) is 3.14. The Morgan fingerprint density at radius 1 is 1.18 bits per heavy atom. The Bertz CT molecular complexity index is 576. The van der Waals surface area contributed by atoms with Crippen molar-refractivity contribution in [1.29, 1.82) is 0 Å². The largest absolute Gasteiger partial charge is 0.482 e. The molecule has 1 heterocycles. The van der Waals surface area contributed by atoms with E-state index in [4.69, 9.17) is 9.47 Å². The van der Waals surface area contributed by atoms with E-state index in [1.165, 1.54) is 7.11 Å². The van der Waals surface area contributed by atoms with E-state index >= 15 is 0 Å². The van der Waals surface area contributed by atoms with Crippen LogP contribution in [-0.4, -0.2) is 36.3 Å². The summed E-state index contributed by atoms with van der Waals surface area (Å²) in [4.78, 5) is 24.8. The number of amides is 1. The van der Waals surface area contributed by atoms with Gasteiger partial charge in [0, 0.05) is 13.1 Å². The van der Waals surface area contributed by atoms with Gasteiger partial charge in [0.25, 0.3) is 0 Å². The fraction of sp³-hybridized carbons (Fsp3) is 0.500. The van der Waals surface area contributed by atoms with Gasteiger partial charge >= 0.3 is 12.1 Å². The van der Waals surface area contributed by atoms with Crippen LogP contribution in [0.1, 0.15) is 31.9 Å². The predicted octanol–water partition coefficient (Wildman–Crippen LogP) is 2.49. The number of hydrogen-bond acceptors (Lipinski definition) is 5. The first-order valence-corrected chi connectivity index (χ1v) is 7.08. The minimum absolute atomic E-state index is 0.134. The third-order valence-electron chi connectivity index (χ3n) is 3.14. The molecule has 6 heteroatoms. The lowest BCUT2D eigenvalue weighted by molar-refractivity contribution is -0.142. The van der Waals surface area contributed by atoms with E-state index in [-0.39, 0.29) is 12.7 Å². The average molecular weight is 307 g/mol. The van der Waals surface area contributed by atoms with Gasteiger partial charge in [-0.2, -0.15) is 0 Å². The molecule has 0 saturated carbocycles. The molecule has 0 atom stereocenters. The summed E-state index contributed by atoms with van der Waals surface area (Å²) >= 11 is 0. The second kappa shape index (κ2) is 6.25. The lowest BCUT2D eigenvalue weighted by Crippen LogP contribution is -2.33. The highest BCUT2D eigenvalue weighted by Crippen LogP contribution is 2.28. The zero-order chi connectivity index (χ0) is 16.3. The summed E-state index contributed by atoms with van der Waals surface area (Å²) in [6, 6.07) is 5.51. The molecule has 0 spiro atoms. The summed E-state index contributed by atoms with van der Waals surface area (Å²) < 4.78 is 15.2. The Labute approximate surface area is 129 Å². The smallest absolute Gasteiger partial charge is 0.410 e. The summed E-state index contributed by atoms with van der Waals surface area (Å²) in [6.45, 7) is 6.37. The Morgan fingerprint density at radius 2 is 1.86 bits per heavy atom. The SMILES string of the molecule is COC(=O)COc1ccc2c(c1)CN(C(=O)OC(C)(C)C)C2. The lowest BCUT2D eigenvalue weighted by Gasteiger charge is -2.24. The van der Waals surface area contributed by atoms with Crippen molar-refractivity contribution >= 4 is 12.1 Å². The maximum atomic E-state index is 12.1. The highest BCUT2D eigenvalue weighted by molar-refractivity contribution is 5.71. The zero-order valence-corrected chi connectivity index (χ0v) is 13.3. The van der Waals surface area contributed by atoms with Crippen molar-refractivity contribution in [3.63, 3.8) is 0 Å². The van der Waals surface area contributed by atoms with Gasteiger partial charge in [0.15, 0.2) is 6.61 Å². The lowest BCUT2D eigenvalue weighted by atomic mass is 10.1. The van der Waals surface area contributed by atoms with Crippen LogP contribution in [0.15, 0.2) is 18.2 Å². The standard InChI is InChI=1S/C16H21NO5/c1-16(2,3)22-15(19)17-8-11-5-6-13(7-12(11)9-17)21-10-14(18)20-4/h5-7H,8-10H2,1-4H3. The molecule has 0 bridgehead atoms. The molecule has 0 N–H and O–H groups in total. The molecule has 6 nitrogen and oxygen atoms in total. The Hall–Kier alpha value is -2.24. The number of nitrogens with zero attached hydrogens (tertiary/aromatic N) is 1. The van der Waals surface area contributed by atoms with Gasteiger partial charge in [-0.05, 0) is 44.0 Å². The van der Waals surface area contributed by atoms with Gasteiger partial charge in [0.1, 0.15) is 11.4 Å². The third kappa shape index (κ3) is 4.13. The van der Waals surface area contributed by atoms with E-state index in [0.29, 0.717) is 18.8 Å². The van der Waals surface area contributed by atoms with E-state index in [1.54, 1.807) is 11.0 Å². The fourth-order valence-corrected chi connectivity index (χ4v) is 2.12. The highest BCUT2D eigenvalue weighted by Gasteiger charge is 2.27. The van der Waals surface area contributed by atoms with Crippen molar-refractivity contribution in [1.82, 2.24) is 4.90 Å². The van der Waals surface area contributed by atoms with Crippen molar-refractivity contribution in [3.8, 4) is 5.75 Å². The molecule has 22 heavy (non-hydrogen) atoms. The maximum Gasteiger partial charge on any atom is 0.410 e. The van der Waals surface area contributed by atoms with Crippen molar-refractivity contribution < 1.29 is 23.8 Å². The van der Waals surface area contributed by atoms with E-state index in [2.05, 4.69) is 4.74 Å². The predicted molar refractivity (Wildman–Crippen MR) is 79.4 cm³/mol. The van der Waals surface area contributed by atoms with Crippen molar-refractivity contribution in [2.75, 3.05) is 13.7 Å². The quantitative estimate of drug-likeness (QED) is 0.803. The second-order valence-electron chi connectivity index (χ2n) is 6.13. The van der Waals surface area contributed by atoms with Crippen LogP contribution in [0.2, 0.25) is 0 Å². The molecular formula is C16H21NO5. The molecule has 120 valence electrons. The number of carbonyl (C=O) groups is 2. The van der Waals surface area contributed by atoms with Gasteiger partial charge in [-0.15, -0.1) is 0 Å². The van der Waals surface area contributed by atoms with E-state index < -0.39 is 11.6 Å². The number of esters is 1. The number of ether oxygens (including phenoxy) is 3. The molecule has 1 aliphatic rings. The minimum atomic E-state index is -0.513. The summed E-state index contributed by atoms with van der Waals surface area (Å²) in [5.41, 5.74) is 1.53. The van der Waals surface area contributed by atoms with Gasteiger partial charge < -0.3 is 14.2 Å². The molecular weight excluding hydrogens is 286 g/mol. The van der Waals surface area contributed by atoms with Crippen molar-refractivity contribution in [3.05, 3.63) is 29.3 Å². The van der Waals surface area contributed by atoms with Crippen LogP contribution in [0.4, 0.5) is 4.79 Å². The van der Waals surface area contributed by atoms with Gasteiger partial charge in [-0.1, -0.05) is 6.07 Å².